The molecule has 0 saturated carbocycles. The molecule has 160 valence electrons. The number of hydrogen-bond acceptors (Lipinski definition) is 8. The molecule has 12 heteroatoms. The van der Waals surface area contributed by atoms with Crippen LogP contribution in [0.3, 0.4) is 0 Å². The molecule has 0 spiro atoms. The van der Waals surface area contributed by atoms with Gasteiger partial charge in [-0.3, -0.25) is 25.8 Å². The minimum Gasteiger partial charge on any atom is -0.482 e. The van der Waals surface area contributed by atoms with Gasteiger partial charge in [0.15, 0.2) is 6.61 Å². The van der Waals surface area contributed by atoms with Crippen molar-refractivity contribution in [2.24, 2.45) is 0 Å². The molecule has 0 aliphatic carbocycles. The Balaban J connectivity index is 1.71. The van der Waals surface area contributed by atoms with Crippen molar-refractivity contribution in [3.8, 4) is 5.75 Å². The van der Waals surface area contributed by atoms with Gasteiger partial charge in [-0.1, -0.05) is 41.4 Å². The first-order valence-corrected chi connectivity index (χ1v) is 9.53. The number of hydrogen-bond donors (Lipinski definition) is 2. The average molecular weight is 463 g/mol. The van der Waals surface area contributed by atoms with E-state index in [0.29, 0.717) is 10.7 Å². The van der Waals surface area contributed by atoms with Crippen LogP contribution in [0.15, 0.2) is 54.9 Å². The van der Waals surface area contributed by atoms with E-state index in [2.05, 4.69) is 20.8 Å². The van der Waals surface area contributed by atoms with E-state index in [-0.39, 0.29) is 22.4 Å². The lowest BCUT2D eigenvalue weighted by atomic mass is 10.3. The Bertz CT molecular complexity index is 1100. The molecule has 0 aliphatic rings. The van der Waals surface area contributed by atoms with Crippen molar-refractivity contribution in [2.75, 3.05) is 24.0 Å². The van der Waals surface area contributed by atoms with Crippen LogP contribution in [0.5, 0.6) is 5.75 Å². The average Bonchev–Trinajstić information content (AvgIpc) is 2.76. The molecule has 0 bridgehead atoms. The van der Waals surface area contributed by atoms with Crippen molar-refractivity contribution < 1.29 is 14.5 Å². The predicted molar refractivity (Wildman–Crippen MR) is 117 cm³/mol. The summed E-state index contributed by atoms with van der Waals surface area (Å²) in [6, 6.07) is 13.5. The summed E-state index contributed by atoms with van der Waals surface area (Å²) < 4.78 is 5.32. The second-order valence-electron chi connectivity index (χ2n) is 6.08. The zero-order valence-electron chi connectivity index (χ0n) is 16.1. The summed E-state index contributed by atoms with van der Waals surface area (Å²) in [6.07, 6.45) is 1.15. The van der Waals surface area contributed by atoms with Gasteiger partial charge in [-0.25, -0.2) is 9.97 Å². The summed E-state index contributed by atoms with van der Waals surface area (Å²) in [5.41, 5.74) is 5.03. The monoisotopic (exact) mass is 462 g/mol. The first-order valence-electron chi connectivity index (χ1n) is 8.77. The van der Waals surface area contributed by atoms with E-state index in [9.17, 15) is 14.9 Å². The van der Waals surface area contributed by atoms with E-state index in [0.717, 1.165) is 6.33 Å². The third-order valence-electron chi connectivity index (χ3n) is 4.02. The molecule has 0 unspecified atom stereocenters. The number of hydrazine groups is 1. The van der Waals surface area contributed by atoms with Crippen LogP contribution in [0.2, 0.25) is 10.0 Å². The van der Waals surface area contributed by atoms with Gasteiger partial charge in [-0.2, -0.15) is 0 Å². The molecule has 3 rings (SSSR count). The lowest BCUT2D eigenvalue weighted by Gasteiger charge is -2.19. The van der Waals surface area contributed by atoms with Gasteiger partial charge < -0.3 is 9.64 Å². The Morgan fingerprint density at radius 3 is 2.61 bits per heavy atom. The maximum atomic E-state index is 12.1. The summed E-state index contributed by atoms with van der Waals surface area (Å²) >= 11 is 11.8. The van der Waals surface area contributed by atoms with Crippen LogP contribution in [0.4, 0.5) is 23.0 Å². The lowest BCUT2D eigenvalue weighted by molar-refractivity contribution is -0.383. The number of nitro groups is 1. The number of carbonyl (C=O) groups is 1. The highest BCUT2D eigenvalue weighted by Gasteiger charge is 2.26. The molecule has 2 aromatic carbocycles. The quantitative estimate of drug-likeness (QED) is 0.380. The third-order valence-corrected chi connectivity index (χ3v) is 4.55. The molecule has 0 saturated heterocycles. The van der Waals surface area contributed by atoms with Gasteiger partial charge in [0.05, 0.1) is 9.95 Å². The van der Waals surface area contributed by atoms with Crippen LogP contribution in [0.1, 0.15) is 0 Å². The number of amides is 1. The smallest absolute Gasteiger partial charge is 0.355 e. The van der Waals surface area contributed by atoms with Gasteiger partial charge in [-0.15, -0.1) is 0 Å². The third kappa shape index (κ3) is 5.50. The molecular formula is C19H16Cl2N6O4. The highest BCUT2D eigenvalue weighted by molar-refractivity contribution is 6.35. The molecule has 1 amide bonds. The second-order valence-corrected chi connectivity index (χ2v) is 6.93. The van der Waals surface area contributed by atoms with Gasteiger partial charge >= 0.3 is 5.69 Å². The van der Waals surface area contributed by atoms with E-state index < -0.39 is 23.1 Å². The molecule has 3 aromatic rings. The Hall–Kier alpha value is -3.63. The van der Waals surface area contributed by atoms with Crippen LogP contribution in [0.25, 0.3) is 0 Å². The van der Waals surface area contributed by atoms with Gasteiger partial charge in [0.1, 0.15) is 12.1 Å². The van der Waals surface area contributed by atoms with E-state index in [1.165, 1.54) is 12.1 Å². The number of rotatable bonds is 8. The predicted octanol–water partition coefficient (Wildman–Crippen LogP) is 3.98. The van der Waals surface area contributed by atoms with Crippen molar-refractivity contribution in [1.82, 2.24) is 15.4 Å². The molecular weight excluding hydrogens is 447 g/mol. The topological polar surface area (TPSA) is 123 Å². The van der Waals surface area contributed by atoms with Crippen molar-refractivity contribution in [3.05, 3.63) is 75.0 Å². The summed E-state index contributed by atoms with van der Waals surface area (Å²) in [6.45, 7) is -0.399. The summed E-state index contributed by atoms with van der Waals surface area (Å²) in [7, 11) is 1.64. The maximum absolute atomic E-state index is 12.1. The van der Waals surface area contributed by atoms with Crippen molar-refractivity contribution in [1.29, 1.82) is 0 Å². The molecule has 0 radical (unpaired) electrons. The first-order chi connectivity index (χ1) is 14.9. The minimum atomic E-state index is -0.632. The Labute approximate surface area is 186 Å². The molecule has 0 fully saturated rings. The van der Waals surface area contributed by atoms with Crippen molar-refractivity contribution in [3.63, 3.8) is 0 Å². The number of nitrogens with zero attached hydrogens (tertiary/aromatic N) is 4. The molecule has 2 N–H and O–H groups in total. The number of halogens is 2. The number of benzene rings is 2. The van der Waals surface area contributed by atoms with Crippen LogP contribution < -0.4 is 20.5 Å². The molecule has 1 aromatic heterocycles. The van der Waals surface area contributed by atoms with Gasteiger partial charge in [0.25, 0.3) is 5.91 Å². The highest BCUT2D eigenvalue weighted by atomic mass is 35.5. The second kappa shape index (κ2) is 9.92. The number of nitrogens with one attached hydrogen (secondary N) is 2. The van der Waals surface area contributed by atoms with Crippen molar-refractivity contribution >= 4 is 52.1 Å². The zero-order chi connectivity index (χ0) is 22.4. The van der Waals surface area contributed by atoms with E-state index in [1.807, 2.05) is 6.07 Å². The Morgan fingerprint density at radius 2 is 1.94 bits per heavy atom. The summed E-state index contributed by atoms with van der Waals surface area (Å²) in [5, 5.41) is 12.4. The molecule has 10 nitrogen and oxygen atoms in total. The summed E-state index contributed by atoms with van der Waals surface area (Å²) in [5.74, 6) is -0.485. The number of carbonyl (C=O) groups excluding carboxylic acids is 1. The number of ether oxygens (including phenoxy) is 1. The SMILES string of the molecule is CN(c1ccccc1)c1ncnc(NNC(=O)COc2ccc(Cl)cc2Cl)c1[N+](=O)[O-]. The minimum absolute atomic E-state index is 0.0483. The highest BCUT2D eigenvalue weighted by Crippen LogP contribution is 2.34. The van der Waals surface area contributed by atoms with E-state index in [1.54, 1.807) is 42.3 Å². The Kier molecular flexibility index (Phi) is 7.06. The van der Waals surface area contributed by atoms with E-state index >= 15 is 0 Å². The van der Waals surface area contributed by atoms with Crippen LogP contribution >= 0.6 is 23.2 Å². The molecule has 1 heterocycles. The van der Waals surface area contributed by atoms with Crippen molar-refractivity contribution in [2.45, 2.75) is 0 Å². The zero-order valence-corrected chi connectivity index (χ0v) is 17.6. The van der Waals surface area contributed by atoms with Gasteiger partial charge in [-0.05, 0) is 30.3 Å². The fourth-order valence-electron chi connectivity index (χ4n) is 2.55. The van der Waals surface area contributed by atoms with Gasteiger partial charge in [0, 0.05) is 17.8 Å². The lowest BCUT2D eigenvalue weighted by Crippen LogP contribution is -2.34. The number of anilines is 3. The molecule has 31 heavy (non-hydrogen) atoms. The van der Waals surface area contributed by atoms with Gasteiger partial charge in [0.2, 0.25) is 11.6 Å². The number of para-hydroxylation sites is 1. The first kappa shape index (κ1) is 22.1. The summed E-state index contributed by atoms with van der Waals surface area (Å²) in [4.78, 5) is 32.6. The maximum Gasteiger partial charge on any atom is 0.355 e. The Morgan fingerprint density at radius 1 is 1.19 bits per heavy atom. The number of aromatic nitrogens is 2. The normalized spacial score (nSPS) is 10.3. The molecule has 0 aliphatic heterocycles. The fraction of sp³-hybridized carbons (Fsp3) is 0.105. The van der Waals surface area contributed by atoms with Crippen LogP contribution in [0, 0.1) is 10.1 Å². The van der Waals surface area contributed by atoms with Crippen LogP contribution in [-0.2, 0) is 4.79 Å². The fourth-order valence-corrected chi connectivity index (χ4v) is 3.01. The largest absolute Gasteiger partial charge is 0.482 e. The van der Waals surface area contributed by atoms with E-state index in [4.69, 9.17) is 27.9 Å². The van der Waals surface area contributed by atoms with Crippen LogP contribution in [-0.4, -0.2) is 34.5 Å². The standard InChI is InChI=1S/C19H16Cl2N6O4/c1-26(13-5-3-2-4-6-13)19-17(27(29)30)18(22-11-23-19)25-24-16(28)10-31-15-8-7-12(20)9-14(15)21/h2-9,11H,10H2,1H3,(H,24,28)(H,22,23,25). The molecule has 0 atom stereocenters.